The van der Waals surface area contributed by atoms with Crippen LogP contribution in [-0.4, -0.2) is 6.54 Å². The Morgan fingerprint density at radius 2 is 2.16 bits per heavy atom. The van der Waals surface area contributed by atoms with Crippen molar-refractivity contribution in [2.75, 3.05) is 6.54 Å². The molecule has 1 saturated carbocycles. The zero-order chi connectivity index (χ0) is 13.1. The molecule has 1 N–H and O–H groups in total. The zero-order valence-corrected chi connectivity index (χ0v) is 13.2. The van der Waals surface area contributed by atoms with Crippen LogP contribution in [0.4, 0.5) is 0 Å². The van der Waals surface area contributed by atoms with E-state index in [4.69, 9.17) is 11.6 Å². The van der Waals surface area contributed by atoms with E-state index >= 15 is 0 Å². The smallest absolute Gasteiger partial charge is 0.0931 e. The van der Waals surface area contributed by atoms with Gasteiger partial charge in [0, 0.05) is 9.75 Å². The molecule has 1 unspecified atom stereocenters. The summed E-state index contributed by atoms with van der Waals surface area (Å²) in [6, 6.07) is 8.79. The van der Waals surface area contributed by atoms with E-state index in [0.29, 0.717) is 6.04 Å². The highest BCUT2D eigenvalue weighted by atomic mass is 35.5. The van der Waals surface area contributed by atoms with Gasteiger partial charge in [-0.3, -0.25) is 0 Å². The van der Waals surface area contributed by atoms with Gasteiger partial charge < -0.3 is 5.32 Å². The van der Waals surface area contributed by atoms with Crippen LogP contribution < -0.4 is 5.32 Å². The van der Waals surface area contributed by atoms with E-state index in [0.717, 1.165) is 16.8 Å². The molecule has 102 valence electrons. The van der Waals surface area contributed by atoms with Crippen LogP contribution in [0.15, 0.2) is 29.6 Å². The van der Waals surface area contributed by atoms with Crippen molar-refractivity contribution in [3.8, 4) is 0 Å². The molecule has 0 amide bonds. The summed E-state index contributed by atoms with van der Waals surface area (Å²) >= 11 is 9.57. The molecular weight excluding hydrogens is 294 g/mol. The first-order chi connectivity index (χ1) is 9.33. The molecule has 0 saturated heterocycles. The lowest BCUT2D eigenvalue weighted by molar-refractivity contribution is 0.290. The van der Waals surface area contributed by atoms with Crippen molar-refractivity contribution in [3.05, 3.63) is 43.7 Å². The minimum Gasteiger partial charge on any atom is -0.305 e. The van der Waals surface area contributed by atoms with Gasteiger partial charge in [0.1, 0.15) is 0 Å². The van der Waals surface area contributed by atoms with Crippen molar-refractivity contribution in [2.45, 2.75) is 31.7 Å². The molecule has 1 fully saturated rings. The second-order valence-corrected chi connectivity index (χ2v) is 7.86. The minimum absolute atomic E-state index is 0.317. The second kappa shape index (κ2) is 6.40. The summed E-state index contributed by atoms with van der Waals surface area (Å²) in [4.78, 5) is 2.70. The maximum absolute atomic E-state index is 6.08. The van der Waals surface area contributed by atoms with Crippen molar-refractivity contribution in [1.29, 1.82) is 0 Å². The second-order valence-electron chi connectivity index (χ2n) is 5.13. The molecule has 1 atom stereocenters. The van der Waals surface area contributed by atoms with Crippen molar-refractivity contribution in [3.63, 3.8) is 0 Å². The van der Waals surface area contributed by atoms with Gasteiger partial charge >= 0.3 is 0 Å². The summed E-state index contributed by atoms with van der Waals surface area (Å²) in [6.07, 6.45) is 5.59. The summed E-state index contributed by atoms with van der Waals surface area (Å²) in [5, 5.41) is 5.86. The predicted octanol–water partition coefficient (Wildman–Crippen LogP) is 5.33. The highest BCUT2D eigenvalue weighted by molar-refractivity contribution is 7.16. The van der Waals surface area contributed by atoms with Crippen LogP contribution in [-0.2, 0) is 0 Å². The van der Waals surface area contributed by atoms with Crippen LogP contribution >= 0.6 is 34.3 Å². The van der Waals surface area contributed by atoms with Crippen molar-refractivity contribution < 1.29 is 0 Å². The van der Waals surface area contributed by atoms with Crippen LogP contribution in [0.5, 0.6) is 0 Å². The molecule has 3 rings (SSSR count). The van der Waals surface area contributed by atoms with Crippen molar-refractivity contribution >= 4 is 34.3 Å². The van der Waals surface area contributed by atoms with Crippen molar-refractivity contribution in [1.82, 2.24) is 5.32 Å². The first-order valence-electron chi connectivity index (χ1n) is 6.85. The molecule has 0 spiro atoms. The normalized spacial score (nSPS) is 17.3. The first-order valence-corrected chi connectivity index (χ1v) is 8.92. The molecule has 2 aromatic heterocycles. The number of thiophene rings is 2. The topological polar surface area (TPSA) is 12.0 Å². The molecule has 1 aliphatic carbocycles. The number of rotatable bonds is 6. The molecule has 1 aliphatic rings. The summed E-state index contributed by atoms with van der Waals surface area (Å²) < 4.78 is 0.873. The summed E-state index contributed by atoms with van der Waals surface area (Å²) in [7, 11) is 0. The molecule has 2 heterocycles. The fourth-order valence-corrected chi connectivity index (χ4v) is 4.54. The lowest BCUT2D eigenvalue weighted by atomic mass is 9.83. The van der Waals surface area contributed by atoms with E-state index in [-0.39, 0.29) is 0 Å². The predicted molar refractivity (Wildman–Crippen MR) is 85.5 cm³/mol. The molecule has 0 radical (unpaired) electrons. The van der Waals surface area contributed by atoms with Gasteiger partial charge in [0.25, 0.3) is 0 Å². The number of hydrogen-bond acceptors (Lipinski definition) is 3. The van der Waals surface area contributed by atoms with Crippen LogP contribution in [0.25, 0.3) is 0 Å². The third-order valence-electron chi connectivity index (χ3n) is 3.83. The third-order valence-corrected chi connectivity index (χ3v) is 6.07. The van der Waals surface area contributed by atoms with Crippen molar-refractivity contribution in [2.24, 2.45) is 5.92 Å². The van der Waals surface area contributed by atoms with Crippen LogP contribution in [0.1, 0.15) is 41.5 Å². The molecule has 19 heavy (non-hydrogen) atoms. The average molecular weight is 312 g/mol. The van der Waals surface area contributed by atoms with E-state index in [1.165, 1.54) is 35.4 Å². The highest BCUT2D eigenvalue weighted by Gasteiger charge is 2.20. The van der Waals surface area contributed by atoms with Gasteiger partial charge in [-0.2, -0.15) is 0 Å². The Labute approximate surface area is 127 Å². The van der Waals surface area contributed by atoms with Gasteiger partial charge in [0.05, 0.1) is 10.4 Å². The lowest BCUT2D eigenvalue weighted by Crippen LogP contribution is -2.25. The van der Waals surface area contributed by atoms with Gasteiger partial charge in [-0.25, -0.2) is 0 Å². The molecule has 0 aliphatic heterocycles. The van der Waals surface area contributed by atoms with E-state index in [2.05, 4.69) is 28.9 Å². The minimum atomic E-state index is 0.317. The fourth-order valence-electron chi connectivity index (χ4n) is 2.49. The zero-order valence-electron chi connectivity index (χ0n) is 10.8. The highest BCUT2D eigenvalue weighted by Crippen LogP contribution is 2.34. The monoisotopic (exact) mass is 311 g/mol. The largest absolute Gasteiger partial charge is 0.305 e. The summed E-state index contributed by atoms with van der Waals surface area (Å²) in [5.74, 6) is 0.961. The SMILES string of the molecule is Clc1ccc(C(NCCC2CCC2)c2cccs2)s1. The Morgan fingerprint density at radius 1 is 1.26 bits per heavy atom. The molecule has 4 heteroatoms. The number of hydrogen-bond donors (Lipinski definition) is 1. The van der Waals surface area contributed by atoms with Gasteiger partial charge in [-0.15, -0.1) is 22.7 Å². The van der Waals surface area contributed by atoms with Gasteiger partial charge in [-0.1, -0.05) is 36.9 Å². The van der Waals surface area contributed by atoms with Crippen LogP contribution in [0.3, 0.4) is 0 Å². The lowest BCUT2D eigenvalue weighted by Gasteiger charge is -2.26. The van der Waals surface area contributed by atoms with Gasteiger partial charge in [0.15, 0.2) is 0 Å². The Balaban J connectivity index is 1.65. The Hall–Kier alpha value is -0.350. The maximum Gasteiger partial charge on any atom is 0.0931 e. The van der Waals surface area contributed by atoms with E-state index in [1.807, 2.05) is 17.4 Å². The molecule has 0 aromatic carbocycles. The summed E-state index contributed by atoms with van der Waals surface area (Å²) in [6.45, 7) is 1.10. The molecular formula is C15H18ClNS2. The number of nitrogens with one attached hydrogen (secondary N) is 1. The Kier molecular flexibility index (Phi) is 4.59. The third kappa shape index (κ3) is 3.40. The van der Waals surface area contributed by atoms with E-state index in [1.54, 1.807) is 11.3 Å². The number of halogens is 1. The summed E-state index contributed by atoms with van der Waals surface area (Å²) in [5.41, 5.74) is 0. The van der Waals surface area contributed by atoms with E-state index in [9.17, 15) is 0 Å². The quantitative estimate of drug-likeness (QED) is 0.760. The van der Waals surface area contributed by atoms with Crippen LogP contribution in [0, 0.1) is 5.92 Å². The molecule has 1 nitrogen and oxygen atoms in total. The van der Waals surface area contributed by atoms with Crippen LogP contribution in [0.2, 0.25) is 4.34 Å². The molecule has 0 bridgehead atoms. The Bertz CT molecular complexity index is 502. The first kappa shape index (κ1) is 13.6. The molecule has 2 aromatic rings. The standard InChI is InChI=1S/C15H18ClNS2/c16-14-7-6-13(19-14)15(12-5-2-10-18-12)17-9-8-11-3-1-4-11/h2,5-7,10-11,15,17H,1,3-4,8-9H2. The van der Waals surface area contributed by atoms with Gasteiger partial charge in [-0.05, 0) is 42.5 Å². The van der Waals surface area contributed by atoms with Gasteiger partial charge in [0.2, 0.25) is 0 Å². The maximum atomic E-state index is 6.08. The van der Waals surface area contributed by atoms with E-state index < -0.39 is 0 Å². The Morgan fingerprint density at radius 3 is 2.74 bits per heavy atom. The average Bonchev–Trinajstić information content (AvgIpc) is 2.98. The fraction of sp³-hybridized carbons (Fsp3) is 0.467.